The van der Waals surface area contributed by atoms with Crippen molar-refractivity contribution >= 4 is 33.6 Å². The molecule has 4 N–H and O–H groups in total. The van der Waals surface area contributed by atoms with Crippen molar-refractivity contribution in [3.8, 4) is 0 Å². The fraction of sp³-hybridized carbons (Fsp3) is 0.0667. The molecule has 0 unspecified atom stereocenters. The minimum atomic E-state index is -0.647. The number of halogens is 2. The summed E-state index contributed by atoms with van der Waals surface area (Å²) in [5.74, 6) is -1.09. The van der Waals surface area contributed by atoms with Crippen molar-refractivity contribution in [1.29, 1.82) is 0 Å². The SMILES string of the molecule is NC(=O)Nc1ccc(CNC(=O)c2ccc(Br)cc2F)cc1. The summed E-state index contributed by atoms with van der Waals surface area (Å²) in [6, 6.07) is 10.4. The van der Waals surface area contributed by atoms with Gasteiger partial charge in [-0.2, -0.15) is 0 Å². The highest BCUT2D eigenvalue weighted by Crippen LogP contribution is 2.15. The predicted molar refractivity (Wildman–Crippen MR) is 84.9 cm³/mol. The lowest BCUT2D eigenvalue weighted by atomic mass is 10.1. The molecular formula is C15H13BrFN3O2. The Kier molecular flexibility index (Phi) is 5.11. The maximum atomic E-state index is 13.7. The lowest BCUT2D eigenvalue weighted by Crippen LogP contribution is -2.24. The van der Waals surface area contributed by atoms with E-state index in [9.17, 15) is 14.0 Å². The van der Waals surface area contributed by atoms with Gasteiger partial charge in [-0.3, -0.25) is 4.79 Å². The van der Waals surface area contributed by atoms with Gasteiger partial charge in [0.05, 0.1) is 5.56 Å². The minimum absolute atomic E-state index is 0.0183. The summed E-state index contributed by atoms with van der Waals surface area (Å²) < 4.78 is 14.2. The topological polar surface area (TPSA) is 84.2 Å². The Hall–Kier alpha value is -2.41. The number of rotatable bonds is 4. The summed E-state index contributed by atoms with van der Waals surface area (Å²) >= 11 is 3.13. The Morgan fingerprint density at radius 3 is 2.41 bits per heavy atom. The van der Waals surface area contributed by atoms with Gasteiger partial charge >= 0.3 is 6.03 Å². The van der Waals surface area contributed by atoms with Crippen LogP contribution in [0.15, 0.2) is 46.9 Å². The van der Waals surface area contributed by atoms with Crippen molar-refractivity contribution in [2.45, 2.75) is 6.54 Å². The fourth-order valence-corrected chi connectivity index (χ4v) is 2.13. The Labute approximate surface area is 134 Å². The highest BCUT2D eigenvalue weighted by molar-refractivity contribution is 9.10. The maximum absolute atomic E-state index is 13.7. The molecule has 5 nitrogen and oxygen atoms in total. The number of carbonyl (C=O) groups is 2. The van der Waals surface area contributed by atoms with E-state index in [-0.39, 0.29) is 12.1 Å². The first kappa shape index (κ1) is 16.0. The first-order chi connectivity index (χ1) is 10.5. The standard InChI is InChI=1S/C15H13BrFN3O2/c16-10-3-6-12(13(17)7-10)14(21)19-8-9-1-4-11(5-2-9)20-15(18)22/h1-7H,8H2,(H,19,21)(H3,18,20,22). The van der Waals surface area contributed by atoms with Crippen LogP contribution in [0.4, 0.5) is 14.9 Å². The van der Waals surface area contributed by atoms with Crippen molar-refractivity contribution in [3.05, 3.63) is 63.9 Å². The van der Waals surface area contributed by atoms with Gasteiger partial charge in [-0.15, -0.1) is 0 Å². The smallest absolute Gasteiger partial charge is 0.316 e. The first-order valence-corrected chi connectivity index (χ1v) is 7.13. The third-order valence-corrected chi connectivity index (χ3v) is 3.34. The van der Waals surface area contributed by atoms with E-state index in [4.69, 9.17) is 5.73 Å². The van der Waals surface area contributed by atoms with Crippen LogP contribution >= 0.6 is 15.9 Å². The first-order valence-electron chi connectivity index (χ1n) is 6.34. The molecule has 0 radical (unpaired) electrons. The minimum Gasteiger partial charge on any atom is -0.351 e. The second kappa shape index (κ2) is 7.04. The summed E-state index contributed by atoms with van der Waals surface area (Å²) in [5, 5.41) is 5.06. The molecule has 0 saturated carbocycles. The van der Waals surface area contributed by atoms with Gasteiger partial charge in [0.1, 0.15) is 5.82 Å². The molecule has 114 valence electrons. The van der Waals surface area contributed by atoms with Gasteiger partial charge in [0.25, 0.3) is 5.91 Å². The Bertz CT molecular complexity index is 704. The molecule has 0 aliphatic carbocycles. The van der Waals surface area contributed by atoms with E-state index in [2.05, 4.69) is 26.6 Å². The van der Waals surface area contributed by atoms with E-state index in [0.29, 0.717) is 10.2 Å². The van der Waals surface area contributed by atoms with Crippen LogP contribution in [0.25, 0.3) is 0 Å². The number of anilines is 1. The van der Waals surface area contributed by atoms with Gasteiger partial charge in [0, 0.05) is 16.7 Å². The molecule has 0 aliphatic heterocycles. The molecule has 3 amide bonds. The van der Waals surface area contributed by atoms with E-state index in [0.717, 1.165) is 5.56 Å². The van der Waals surface area contributed by atoms with E-state index in [1.807, 2.05) is 0 Å². The van der Waals surface area contributed by atoms with E-state index in [1.54, 1.807) is 30.3 Å². The molecule has 0 aromatic heterocycles. The third kappa shape index (κ3) is 4.29. The summed E-state index contributed by atoms with van der Waals surface area (Å²) in [5.41, 5.74) is 6.35. The van der Waals surface area contributed by atoms with Crippen LogP contribution in [0, 0.1) is 5.82 Å². The number of benzene rings is 2. The summed E-state index contributed by atoms with van der Waals surface area (Å²) in [4.78, 5) is 22.6. The van der Waals surface area contributed by atoms with Gasteiger partial charge in [-0.1, -0.05) is 28.1 Å². The summed E-state index contributed by atoms with van der Waals surface area (Å²) in [6.45, 7) is 0.241. The maximum Gasteiger partial charge on any atom is 0.316 e. The van der Waals surface area contributed by atoms with Crippen molar-refractivity contribution in [3.63, 3.8) is 0 Å². The fourth-order valence-electron chi connectivity index (χ4n) is 1.80. The largest absolute Gasteiger partial charge is 0.351 e. The number of hydrogen-bond acceptors (Lipinski definition) is 2. The molecule has 0 aliphatic rings. The molecule has 0 saturated heterocycles. The number of nitrogens with one attached hydrogen (secondary N) is 2. The average molecular weight is 366 g/mol. The molecule has 7 heteroatoms. The van der Waals surface area contributed by atoms with Crippen LogP contribution in [0.2, 0.25) is 0 Å². The van der Waals surface area contributed by atoms with Crippen molar-refractivity contribution < 1.29 is 14.0 Å². The second-order valence-corrected chi connectivity index (χ2v) is 5.41. The lowest BCUT2D eigenvalue weighted by molar-refractivity contribution is 0.0947. The zero-order chi connectivity index (χ0) is 16.1. The van der Waals surface area contributed by atoms with Crippen LogP contribution in [0.5, 0.6) is 0 Å². The van der Waals surface area contributed by atoms with Crippen molar-refractivity contribution in [1.82, 2.24) is 5.32 Å². The molecule has 2 aromatic carbocycles. The molecule has 22 heavy (non-hydrogen) atoms. The average Bonchev–Trinajstić information content (AvgIpc) is 2.45. The normalized spacial score (nSPS) is 10.1. The van der Waals surface area contributed by atoms with E-state index in [1.165, 1.54) is 12.1 Å². The van der Waals surface area contributed by atoms with E-state index < -0.39 is 17.8 Å². The summed E-state index contributed by atoms with van der Waals surface area (Å²) in [6.07, 6.45) is 0. The zero-order valence-electron chi connectivity index (χ0n) is 11.4. The highest BCUT2D eigenvalue weighted by Gasteiger charge is 2.11. The van der Waals surface area contributed by atoms with Crippen molar-refractivity contribution in [2.24, 2.45) is 5.73 Å². The van der Waals surface area contributed by atoms with Crippen LogP contribution in [-0.4, -0.2) is 11.9 Å². The quantitative estimate of drug-likeness (QED) is 0.777. The van der Waals surface area contributed by atoms with Gasteiger partial charge < -0.3 is 16.4 Å². The number of amides is 3. The van der Waals surface area contributed by atoms with Gasteiger partial charge in [-0.05, 0) is 35.9 Å². The van der Waals surface area contributed by atoms with Crippen LogP contribution in [-0.2, 0) is 6.54 Å². The number of primary amides is 1. The molecule has 2 aromatic rings. The number of carbonyl (C=O) groups excluding carboxylic acids is 2. The molecular weight excluding hydrogens is 353 g/mol. The third-order valence-electron chi connectivity index (χ3n) is 2.85. The Morgan fingerprint density at radius 1 is 1.14 bits per heavy atom. The number of urea groups is 1. The lowest BCUT2D eigenvalue weighted by Gasteiger charge is -2.08. The van der Waals surface area contributed by atoms with E-state index >= 15 is 0 Å². The van der Waals surface area contributed by atoms with Crippen LogP contribution < -0.4 is 16.4 Å². The molecule has 0 bridgehead atoms. The molecule has 0 spiro atoms. The Balaban J connectivity index is 1.97. The van der Waals surface area contributed by atoms with Crippen LogP contribution in [0.3, 0.4) is 0 Å². The van der Waals surface area contributed by atoms with Gasteiger partial charge in [0.2, 0.25) is 0 Å². The molecule has 0 fully saturated rings. The summed E-state index contributed by atoms with van der Waals surface area (Å²) in [7, 11) is 0. The zero-order valence-corrected chi connectivity index (χ0v) is 13.0. The monoisotopic (exact) mass is 365 g/mol. The molecule has 0 heterocycles. The number of nitrogens with two attached hydrogens (primary N) is 1. The van der Waals surface area contributed by atoms with Crippen molar-refractivity contribution in [2.75, 3.05) is 5.32 Å². The highest BCUT2D eigenvalue weighted by atomic mass is 79.9. The Morgan fingerprint density at radius 2 is 1.82 bits per heavy atom. The van der Waals surface area contributed by atoms with Crippen LogP contribution in [0.1, 0.15) is 15.9 Å². The molecule has 2 rings (SSSR count). The van der Waals surface area contributed by atoms with Gasteiger partial charge in [-0.25, -0.2) is 9.18 Å². The predicted octanol–water partition coefficient (Wildman–Crippen LogP) is 3.01. The number of hydrogen-bond donors (Lipinski definition) is 3. The second-order valence-electron chi connectivity index (χ2n) is 4.49. The molecule has 0 atom stereocenters. The van der Waals surface area contributed by atoms with Gasteiger partial charge in [0.15, 0.2) is 0 Å².